The fraction of sp³-hybridized carbons (Fsp3) is 0.533. The van der Waals surface area contributed by atoms with Gasteiger partial charge in [-0.15, -0.1) is 0 Å². The molecule has 1 aliphatic heterocycles. The number of ether oxygens (including phenoxy) is 2. The van der Waals surface area contributed by atoms with Crippen molar-refractivity contribution in [3.05, 3.63) is 23.8 Å². The fourth-order valence-electron chi connectivity index (χ4n) is 2.50. The molecule has 20 heavy (non-hydrogen) atoms. The van der Waals surface area contributed by atoms with E-state index >= 15 is 0 Å². The predicted molar refractivity (Wildman–Crippen MR) is 77.0 cm³/mol. The lowest BCUT2D eigenvalue weighted by Crippen LogP contribution is -2.28. The van der Waals surface area contributed by atoms with Gasteiger partial charge in [0.1, 0.15) is 11.5 Å². The Morgan fingerprint density at radius 3 is 2.40 bits per heavy atom. The molecule has 1 unspecified atom stereocenters. The molecule has 0 aromatic heterocycles. The molecule has 0 spiro atoms. The van der Waals surface area contributed by atoms with Crippen LogP contribution in [0, 0.1) is 5.92 Å². The molecule has 1 atom stereocenters. The predicted octanol–water partition coefficient (Wildman–Crippen LogP) is 1.05. The average Bonchev–Trinajstić information content (AvgIpc) is 2.85. The first-order valence-corrected chi connectivity index (χ1v) is 6.86. The smallest absolute Gasteiger partial charge is 0.222 e. The van der Waals surface area contributed by atoms with Gasteiger partial charge < -0.3 is 20.1 Å². The summed E-state index contributed by atoms with van der Waals surface area (Å²) in [6.45, 7) is 2.07. The fourth-order valence-corrected chi connectivity index (χ4v) is 2.50. The quantitative estimate of drug-likeness (QED) is 0.845. The molecule has 0 radical (unpaired) electrons. The monoisotopic (exact) mass is 278 g/mol. The molecule has 0 bridgehead atoms. The van der Waals surface area contributed by atoms with Gasteiger partial charge in [0.05, 0.1) is 14.2 Å². The maximum atomic E-state index is 11.8. The summed E-state index contributed by atoms with van der Waals surface area (Å²) in [5, 5.41) is 0. The minimum Gasteiger partial charge on any atom is -0.497 e. The summed E-state index contributed by atoms with van der Waals surface area (Å²) in [5.74, 6) is 2.05. The lowest BCUT2D eigenvalue weighted by atomic mass is 10.1. The molecule has 1 aromatic carbocycles. The van der Waals surface area contributed by atoms with Crippen LogP contribution >= 0.6 is 0 Å². The van der Waals surface area contributed by atoms with Gasteiger partial charge in [0.15, 0.2) is 0 Å². The molecular formula is C15H22N2O3. The van der Waals surface area contributed by atoms with Crippen LogP contribution in [0.2, 0.25) is 0 Å². The molecule has 0 saturated carbocycles. The Hall–Kier alpha value is -1.75. The van der Waals surface area contributed by atoms with E-state index in [-0.39, 0.29) is 5.91 Å². The van der Waals surface area contributed by atoms with E-state index in [2.05, 4.69) is 0 Å². The highest BCUT2D eigenvalue weighted by atomic mass is 16.5. The van der Waals surface area contributed by atoms with Crippen molar-refractivity contribution in [1.82, 2.24) is 4.90 Å². The van der Waals surface area contributed by atoms with Crippen LogP contribution in [0.4, 0.5) is 0 Å². The number of hydrogen-bond acceptors (Lipinski definition) is 4. The van der Waals surface area contributed by atoms with Gasteiger partial charge in [0, 0.05) is 25.6 Å². The minimum absolute atomic E-state index is 0.204. The largest absolute Gasteiger partial charge is 0.497 e. The Morgan fingerprint density at radius 2 is 1.90 bits per heavy atom. The molecule has 1 fully saturated rings. The van der Waals surface area contributed by atoms with Crippen LogP contribution in [0.25, 0.3) is 0 Å². The highest BCUT2D eigenvalue weighted by molar-refractivity contribution is 5.78. The summed E-state index contributed by atoms with van der Waals surface area (Å²) < 4.78 is 10.5. The zero-order chi connectivity index (χ0) is 14.5. The van der Waals surface area contributed by atoms with Crippen molar-refractivity contribution in [2.24, 2.45) is 11.7 Å². The number of hydrogen-bond donors (Lipinski definition) is 1. The zero-order valence-electron chi connectivity index (χ0n) is 12.1. The number of nitrogens with zero attached hydrogens (tertiary/aromatic N) is 1. The van der Waals surface area contributed by atoms with Gasteiger partial charge >= 0.3 is 0 Å². The minimum atomic E-state index is 0.204. The molecule has 1 amide bonds. The summed E-state index contributed by atoms with van der Waals surface area (Å²) in [5.41, 5.74) is 6.73. The number of carbonyl (C=O) groups is 1. The van der Waals surface area contributed by atoms with Crippen LogP contribution in [0.15, 0.2) is 18.2 Å². The molecule has 1 aromatic rings. The maximum absolute atomic E-state index is 11.8. The van der Waals surface area contributed by atoms with E-state index in [0.29, 0.717) is 25.4 Å². The van der Waals surface area contributed by atoms with Crippen LogP contribution in [0.5, 0.6) is 11.5 Å². The molecule has 1 aliphatic rings. The van der Waals surface area contributed by atoms with Crippen molar-refractivity contribution < 1.29 is 14.3 Å². The van der Waals surface area contributed by atoms with Gasteiger partial charge in [-0.3, -0.25) is 4.79 Å². The third-order valence-corrected chi connectivity index (χ3v) is 3.71. The molecule has 2 rings (SSSR count). The molecule has 5 nitrogen and oxygen atoms in total. The second kappa shape index (κ2) is 6.61. The zero-order valence-corrected chi connectivity index (χ0v) is 12.1. The van der Waals surface area contributed by atoms with E-state index < -0.39 is 0 Å². The number of methoxy groups -OCH3 is 2. The summed E-state index contributed by atoms with van der Waals surface area (Å²) >= 11 is 0. The highest BCUT2D eigenvalue weighted by Gasteiger charge is 2.27. The topological polar surface area (TPSA) is 64.8 Å². The normalized spacial score (nSPS) is 18.4. The summed E-state index contributed by atoms with van der Waals surface area (Å²) in [4.78, 5) is 13.7. The van der Waals surface area contributed by atoms with Gasteiger partial charge in [-0.25, -0.2) is 0 Å². The maximum Gasteiger partial charge on any atom is 0.222 e. The van der Waals surface area contributed by atoms with Gasteiger partial charge in [-0.1, -0.05) is 0 Å². The van der Waals surface area contributed by atoms with Crippen molar-refractivity contribution in [3.8, 4) is 11.5 Å². The number of amides is 1. The molecule has 5 heteroatoms. The van der Waals surface area contributed by atoms with E-state index in [4.69, 9.17) is 15.2 Å². The van der Waals surface area contributed by atoms with Crippen molar-refractivity contribution in [2.45, 2.75) is 12.8 Å². The van der Waals surface area contributed by atoms with E-state index in [0.717, 1.165) is 30.0 Å². The Kier molecular flexibility index (Phi) is 4.84. The summed E-state index contributed by atoms with van der Waals surface area (Å²) in [7, 11) is 3.27. The van der Waals surface area contributed by atoms with E-state index in [1.807, 2.05) is 23.1 Å². The Labute approximate surface area is 119 Å². The molecule has 2 N–H and O–H groups in total. The third kappa shape index (κ3) is 3.42. The lowest BCUT2D eigenvalue weighted by Gasteiger charge is -2.17. The first kappa shape index (κ1) is 14.7. The number of benzene rings is 1. The number of likely N-dealkylation sites (tertiary alicyclic amines) is 1. The van der Waals surface area contributed by atoms with E-state index in [1.165, 1.54) is 0 Å². The molecular weight excluding hydrogens is 256 g/mol. The second-order valence-corrected chi connectivity index (χ2v) is 5.12. The van der Waals surface area contributed by atoms with Gasteiger partial charge in [0.2, 0.25) is 5.91 Å². The third-order valence-electron chi connectivity index (χ3n) is 3.71. The highest BCUT2D eigenvalue weighted by Crippen LogP contribution is 2.23. The summed E-state index contributed by atoms with van der Waals surface area (Å²) in [6, 6.07) is 5.79. The van der Waals surface area contributed by atoms with Crippen molar-refractivity contribution >= 4 is 5.91 Å². The van der Waals surface area contributed by atoms with Crippen LogP contribution in [0.1, 0.15) is 12.0 Å². The Bertz CT molecular complexity index is 454. The molecule has 1 heterocycles. The Balaban J connectivity index is 1.98. The van der Waals surface area contributed by atoms with Crippen molar-refractivity contribution in [3.63, 3.8) is 0 Å². The first-order chi connectivity index (χ1) is 9.66. The van der Waals surface area contributed by atoms with E-state index in [1.54, 1.807) is 14.2 Å². The van der Waals surface area contributed by atoms with E-state index in [9.17, 15) is 4.79 Å². The standard InChI is InChI=1S/C15H22N2O3/c1-19-13-5-11(6-14(8-13)20-2)3-4-17-10-12(9-16)7-15(17)18/h5-6,8,12H,3-4,7,9-10,16H2,1-2H3. The Morgan fingerprint density at radius 1 is 1.25 bits per heavy atom. The SMILES string of the molecule is COc1cc(CCN2CC(CN)CC2=O)cc(OC)c1. The number of nitrogens with two attached hydrogens (primary N) is 1. The second-order valence-electron chi connectivity index (χ2n) is 5.12. The van der Waals surface area contributed by atoms with Gasteiger partial charge in [-0.05, 0) is 36.6 Å². The number of rotatable bonds is 6. The van der Waals surface area contributed by atoms with Crippen LogP contribution < -0.4 is 15.2 Å². The lowest BCUT2D eigenvalue weighted by molar-refractivity contribution is -0.127. The van der Waals surface area contributed by atoms with Crippen molar-refractivity contribution in [1.29, 1.82) is 0 Å². The molecule has 110 valence electrons. The van der Waals surface area contributed by atoms with Gasteiger partial charge in [-0.2, -0.15) is 0 Å². The molecule has 0 aliphatic carbocycles. The van der Waals surface area contributed by atoms with Crippen LogP contribution in [-0.4, -0.2) is 44.7 Å². The van der Waals surface area contributed by atoms with Crippen LogP contribution in [0.3, 0.4) is 0 Å². The molecule has 1 saturated heterocycles. The van der Waals surface area contributed by atoms with Crippen molar-refractivity contribution in [2.75, 3.05) is 33.9 Å². The van der Waals surface area contributed by atoms with Crippen LogP contribution in [-0.2, 0) is 11.2 Å². The van der Waals surface area contributed by atoms with Gasteiger partial charge in [0.25, 0.3) is 0 Å². The summed E-state index contributed by atoms with van der Waals surface area (Å²) in [6.07, 6.45) is 1.37. The average molecular weight is 278 g/mol. The first-order valence-electron chi connectivity index (χ1n) is 6.86. The number of carbonyl (C=O) groups excluding carboxylic acids is 1.